The van der Waals surface area contributed by atoms with Gasteiger partial charge in [-0.1, -0.05) is 18.2 Å². The highest BCUT2D eigenvalue weighted by molar-refractivity contribution is 5.91. The molecule has 0 N–H and O–H groups in total. The quantitative estimate of drug-likeness (QED) is 0.795. The summed E-state index contributed by atoms with van der Waals surface area (Å²) in [5.41, 5.74) is 2.24. The minimum Gasteiger partial charge on any atom is -0.466 e. The molecule has 20 heavy (non-hydrogen) atoms. The van der Waals surface area contributed by atoms with E-state index in [1.54, 1.807) is 12.1 Å². The van der Waals surface area contributed by atoms with Crippen LogP contribution < -0.4 is 0 Å². The van der Waals surface area contributed by atoms with Gasteiger partial charge in [0.25, 0.3) is 0 Å². The number of carbonyl (C=O) groups is 2. The molecule has 1 aliphatic carbocycles. The molecule has 0 amide bonds. The van der Waals surface area contributed by atoms with Crippen molar-refractivity contribution < 1.29 is 19.1 Å². The van der Waals surface area contributed by atoms with E-state index in [1.807, 2.05) is 18.2 Å². The second-order valence-corrected chi connectivity index (χ2v) is 4.75. The molecule has 0 heterocycles. The number of rotatable bonds is 3. The van der Waals surface area contributed by atoms with Crippen molar-refractivity contribution in [2.24, 2.45) is 0 Å². The Morgan fingerprint density at radius 3 is 2.30 bits per heavy atom. The Balaban J connectivity index is 2.25. The Morgan fingerprint density at radius 2 is 1.70 bits per heavy atom. The van der Waals surface area contributed by atoms with Crippen LogP contribution in [0.4, 0.5) is 0 Å². The first-order valence-electron chi connectivity index (χ1n) is 6.64. The fourth-order valence-electron chi connectivity index (χ4n) is 2.54. The molecule has 1 unspecified atom stereocenters. The first kappa shape index (κ1) is 14.3. The lowest BCUT2D eigenvalue weighted by Crippen LogP contribution is -2.16. The van der Waals surface area contributed by atoms with E-state index < -0.39 is 0 Å². The topological polar surface area (TPSA) is 52.6 Å². The molecule has 0 saturated heterocycles. The smallest absolute Gasteiger partial charge is 0.337 e. The predicted molar refractivity (Wildman–Crippen MR) is 74.5 cm³/mol. The van der Waals surface area contributed by atoms with Crippen molar-refractivity contribution in [2.75, 3.05) is 14.2 Å². The maximum Gasteiger partial charge on any atom is 0.337 e. The van der Waals surface area contributed by atoms with Gasteiger partial charge in [0.05, 0.1) is 19.8 Å². The summed E-state index contributed by atoms with van der Waals surface area (Å²) in [5.74, 6) is -0.585. The molecule has 1 aromatic carbocycles. The van der Waals surface area contributed by atoms with E-state index >= 15 is 0 Å². The minimum absolute atomic E-state index is 0.0443. The lowest BCUT2D eigenvalue weighted by molar-refractivity contribution is -0.136. The van der Waals surface area contributed by atoms with Gasteiger partial charge in [-0.15, -0.1) is 0 Å². The van der Waals surface area contributed by atoms with Crippen LogP contribution in [0.3, 0.4) is 0 Å². The fourth-order valence-corrected chi connectivity index (χ4v) is 2.54. The van der Waals surface area contributed by atoms with Crippen molar-refractivity contribution in [2.45, 2.75) is 25.2 Å². The van der Waals surface area contributed by atoms with Crippen LogP contribution in [0.1, 0.15) is 41.1 Å². The van der Waals surface area contributed by atoms with Crippen LogP contribution in [0.5, 0.6) is 0 Å². The Labute approximate surface area is 118 Å². The van der Waals surface area contributed by atoms with Crippen molar-refractivity contribution in [3.63, 3.8) is 0 Å². The van der Waals surface area contributed by atoms with Gasteiger partial charge < -0.3 is 9.47 Å². The number of hydrogen-bond donors (Lipinski definition) is 0. The van der Waals surface area contributed by atoms with Gasteiger partial charge >= 0.3 is 11.9 Å². The second-order valence-electron chi connectivity index (χ2n) is 4.75. The summed E-state index contributed by atoms with van der Waals surface area (Å²) in [6, 6.07) is 7.20. The molecule has 1 aliphatic rings. The zero-order valence-corrected chi connectivity index (χ0v) is 11.7. The third-order valence-electron chi connectivity index (χ3n) is 3.59. The lowest BCUT2D eigenvalue weighted by atomic mass is 9.82. The van der Waals surface area contributed by atoms with Crippen LogP contribution in [0.25, 0.3) is 0 Å². The molecular weight excluding hydrogens is 256 g/mol. The highest BCUT2D eigenvalue weighted by atomic mass is 16.5. The SMILES string of the molecule is COC(=O)C1=CCCCC1c1ccc(C(=O)OC)cc1. The zero-order valence-electron chi connectivity index (χ0n) is 11.7. The van der Waals surface area contributed by atoms with Crippen molar-refractivity contribution >= 4 is 11.9 Å². The zero-order chi connectivity index (χ0) is 14.5. The number of benzene rings is 1. The normalized spacial score (nSPS) is 18.1. The number of ether oxygens (including phenoxy) is 2. The molecule has 4 heteroatoms. The second kappa shape index (κ2) is 6.37. The van der Waals surface area contributed by atoms with E-state index in [2.05, 4.69) is 4.74 Å². The highest BCUT2D eigenvalue weighted by Gasteiger charge is 2.25. The summed E-state index contributed by atoms with van der Waals surface area (Å²) < 4.78 is 9.51. The Bertz CT molecular complexity index is 528. The predicted octanol–water partition coefficient (Wildman–Crippen LogP) is 2.84. The summed E-state index contributed by atoms with van der Waals surface area (Å²) in [6.07, 6.45) is 4.82. The van der Waals surface area contributed by atoms with Gasteiger partial charge in [-0.05, 0) is 37.0 Å². The summed E-state index contributed by atoms with van der Waals surface area (Å²) in [7, 11) is 2.75. The van der Waals surface area contributed by atoms with Gasteiger partial charge in [-0.2, -0.15) is 0 Å². The molecule has 4 nitrogen and oxygen atoms in total. The van der Waals surface area contributed by atoms with Crippen molar-refractivity contribution in [1.29, 1.82) is 0 Å². The van der Waals surface area contributed by atoms with Gasteiger partial charge in [-0.25, -0.2) is 9.59 Å². The summed E-state index contributed by atoms with van der Waals surface area (Å²) in [4.78, 5) is 23.2. The van der Waals surface area contributed by atoms with E-state index in [1.165, 1.54) is 14.2 Å². The number of esters is 2. The average Bonchev–Trinajstić information content (AvgIpc) is 2.53. The standard InChI is InChI=1S/C16H18O4/c1-19-15(17)12-9-7-11(8-10-12)13-5-3-4-6-14(13)16(18)20-2/h6-10,13H,3-5H2,1-2H3. The van der Waals surface area contributed by atoms with Crippen LogP contribution in [0.15, 0.2) is 35.9 Å². The van der Waals surface area contributed by atoms with Crippen LogP contribution >= 0.6 is 0 Å². The molecule has 0 aromatic heterocycles. The molecule has 0 bridgehead atoms. The minimum atomic E-state index is -0.357. The van der Waals surface area contributed by atoms with Gasteiger partial charge in [0.1, 0.15) is 0 Å². The first-order chi connectivity index (χ1) is 9.67. The number of carbonyl (C=O) groups excluding carboxylic acids is 2. The van der Waals surface area contributed by atoms with Gasteiger partial charge in [0.15, 0.2) is 0 Å². The summed E-state index contributed by atoms with van der Waals surface area (Å²) >= 11 is 0. The van der Waals surface area contributed by atoms with Crippen molar-refractivity contribution in [1.82, 2.24) is 0 Å². The van der Waals surface area contributed by atoms with E-state index in [0.29, 0.717) is 11.1 Å². The molecule has 1 aromatic rings. The third-order valence-corrected chi connectivity index (χ3v) is 3.59. The van der Waals surface area contributed by atoms with Crippen LogP contribution in [0, 0.1) is 0 Å². The Kier molecular flexibility index (Phi) is 4.56. The largest absolute Gasteiger partial charge is 0.466 e. The van der Waals surface area contributed by atoms with Crippen molar-refractivity contribution in [3.05, 3.63) is 47.0 Å². The molecule has 0 saturated carbocycles. The Morgan fingerprint density at radius 1 is 1.05 bits per heavy atom. The summed E-state index contributed by atoms with van der Waals surface area (Å²) in [6.45, 7) is 0. The van der Waals surface area contributed by atoms with Crippen LogP contribution in [-0.4, -0.2) is 26.2 Å². The van der Waals surface area contributed by atoms with E-state index in [4.69, 9.17) is 4.74 Å². The molecule has 0 radical (unpaired) electrons. The fraction of sp³-hybridized carbons (Fsp3) is 0.375. The van der Waals surface area contributed by atoms with Crippen molar-refractivity contribution in [3.8, 4) is 0 Å². The number of hydrogen-bond acceptors (Lipinski definition) is 4. The number of methoxy groups -OCH3 is 2. The molecule has 2 rings (SSSR count). The van der Waals surface area contributed by atoms with E-state index in [9.17, 15) is 9.59 Å². The third kappa shape index (κ3) is 2.90. The van der Waals surface area contributed by atoms with Gasteiger partial charge in [0.2, 0.25) is 0 Å². The maximum atomic E-state index is 11.8. The summed E-state index contributed by atoms with van der Waals surface area (Å²) in [5, 5.41) is 0. The van der Waals surface area contributed by atoms with Crippen LogP contribution in [-0.2, 0) is 14.3 Å². The Hall–Kier alpha value is -2.10. The van der Waals surface area contributed by atoms with Crippen LogP contribution in [0.2, 0.25) is 0 Å². The van der Waals surface area contributed by atoms with E-state index in [0.717, 1.165) is 24.8 Å². The average molecular weight is 274 g/mol. The molecule has 1 atom stereocenters. The van der Waals surface area contributed by atoms with Gasteiger partial charge in [-0.3, -0.25) is 0 Å². The monoisotopic (exact) mass is 274 g/mol. The maximum absolute atomic E-state index is 11.8. The van der Waals surface area contributed by atoms with E-state index in [-0.39, 0.29) is 17.9 Å². The molecule has 106 valence electrons. The molecular formula is C16H18O4. The molecule has 0 fully saturated rings. The molecule has 0 spiro atoms. The molecule has 0 aliphatic heterocycles. The lowest BCUT2D eigenvalue weighted by Gasteiger charge is -2.23. The first-order valence-corrected chi connectivity index (χ1v) is 6.64. The van der Waals surface area contributed by atoms with Gasteiger partial charge in [0, 0.05) is 11.5 Å². The number of allylic oxidation sites excluding steroid dienone is 1. The highest BCUT2D eigenvalue weighted by Crippen LogP contribution is 2.34.